The minimum atomic E-state index is 0.187. The van der Waals surface area contributed by atoms with Crippen molar-refractivity contribution in [2.75, 3.05) is 34.2 Å². The van der Waals surface area contributed by atoms with E-state index in [4.69, 9.17) is 11.6 Å². The maximum Gasteiger partial charge on any atom is 0.222 e. The Balaban J connectivity index is 2.34. The molecular formula is C14H21ClN2O. The Kier molecular flexibility index (Phi) is 6.16. The predicted octanol–water partition coefficient (Wildman–Crippen LogP) is 2.29. The number of carbonyl (C=O) groups excluding carboxylic acids is 1. The second-order valence-electron chi connectivity index (χ2n) is 4.75. The number of likely N-dealkylation sites (N-methyl/N-ethyl adjacent to an activating group) is 2. The van der Waals surface area contributed by atoms with Gasteiger partial charge in [0, 0.05) is 31.6 Å². The van der Waals surface area contributed by atoms with Crippen LogP contribution in [-0.2, 0) is 11.2 Å². The van der Waals surface area contributed by atoms with Crippen LogP contribution < -0.4 is 0 Å². The first-order valence-electron chi connectivity index (χ1n) is 6.12. The molecule has 0 spiro atoms. The van der Waals surface area contributed by atoms with Crippen molar-refractivity contribution < 1.29 is 4.79 Å². The van der Waals surface area contributed by atoms with E-state index in [1.807, 2.05) is 45.4 Å². The molecule has 1 aromatic carbocycles. The summed E-state index contributed by atoms with van der Waals surface area (Å²) in [7, 11) is 5.87. The van der Waals surface area contributed by atoms with Crippen LogP contribution in [0.15, 0.2) is 24.3 Å². The second-order valence-corrected chi connectivity index (χ2v) is 5.18. The summed E-state index contributed by atoms with van der Waals surface area (Å²) in [5.41, 5.74) is 1.15. The van der Waals surface area contributed by atoms with Gasteiger partial charge < -0.3 is 9.80 Å². The monoisotopic (exact) mass is 268 g/mol. The van der Waals surface area contributed by atoms with Crippen molar-refractivity contribution in [3.63, 3.8) is 0 Å². The van der Waals surface area contributed by atoms with Crippen molar-refractivity contribution in [2.45, 2.75) is 12.8 Å². The quantitative estimate of drug-likeness (QED) is 0.790. The summed E-state index contributed by atoms with van der Waals surface area (Å²) in [5, 5.41) is 0.730. The van der Waals surface area contributed by atoms with E-state index in [-0.39, 0.29) is 5.91 Å². The van der Waals surface area contributed by atoms with Gasteiger partial charge in [-0.2, -0.15) is 0 Å². The van der Waals surface area contributed by atoms with Crippen LogP contribution in [0.4, 0.5) is 0 Å². The number of hydrogen-bond donors (Lipinski definition) is 0. The first kappa shape index (κ1) is 15.0. The SMILES string of the molecule is CN(C)CCN(C)C(=O)CCc1ccc(Cl)cc1. The molecule has 0 bridgehead atoms. The molecule has 0 aliphatic rings. The standard InChI is InChI=1S/C14H21ClN2O/c1-16(2)10-11-17(3)14(18)9-6-12-4-7-13(15)8-5-12/h4-5,7-8H,6,9-11H2,1-3H3. The Bertz CT molecular complexity index is 376. The van der Waals surface area contributed by atoms with Gasteiger partial charge in [0.15, 0.2) is 0 Å². The average Bonchev–Trinajstić information content (AvgIpc) is 2.34. The van der Waals surface area contributed by atoms with Gasteiger partial charge in [-0.1, -0.05) is 23.7 Å². The lowest BCUT2D eigenvalue weighted by molar-refractivity contribution is -0.129. The molecule has 4 heteroatoms. The summed E-state index contributed by atoms with van der Waals surface area (Å²) < 4.78 is 0. The molecule has 1 aromatic rings. The van der Waals surface area contributed by atoms with Crippen LogP contribution in [-0.4, -0.2) is 49.9 Å². The third-order valence-corrected chi connectivity index (χ3v) is 3.10. The topological polar surface area (TPSA) is 23.6 Å². The molecule has 1 amide bonds. The number of aryl methyl sites for hydroxylation is 1. The Morgan fingerprint density at radius 2 is 1.72 bits per heavy atom. The fraction of sp³-hybridized carbons (Fsp3) is 0.500. The summed E-state index contributed by atoms with van der Waals surface area (Å²) in [4.78, 5) is 15.7. The normalized spacial score (nSPS) is 10.7. The molecule has 0 radical (unpaired) electrons. The Morgan fingerprint density at radius 1 is 1.11 bits per heavy atom. The van der Waals surface area contributed by atoms with Gasteiger partial charge in [0.1, 0.15) is 0 Å². The maximum absolute atomic E-state index is 11.9. The van der Waals surface area contributed by atoms with Gasteiger partial charge in [-0.05, 0) is 38.2 Å². The van der Waals surface area contributed by atoms with Crippen molar-refractivity contribution >= 4 is 17.5 Å². The lowest BCUT2D eigenvalue weighted by atomic mass is 10.1. The third kappa shape index (κ3) is 5.52. The number of hydrogen-bond acceptors (Lipinski definition) is 2. The van der Waals surface area contributed by atoms with Gasteiger partial charge in [0.2, 0.25) is 5.91 Å². The molecule has 0 unspecified atom stereocenters. The van der Waals surface area contributed by atoms with Gasteiger partial charge in [-0.15, -0.1) is 0 Å². The van der Waals surface area contributed by atoms with Crippen LogP contribution in [0.3, 0.4) is 0 Å². The van der Waals surface area contributed by atoms with Crippen molar-refractivity contribution in [1.29, 1.82) is 0 Å². The second kappa shape index (κ2) is 7.39. The average molecular weight is 269 g/mol. The minimum absolute atomic E-state index is 0.187. The predicted molar refractivity (Wildman–Crippen MR) is 76.0 cm³/mol. The zero-order chi connectivity index (χ0) is 13.5. The summed E-state index contributed by atoms with van der Waals surface area (Å²) in [6, 6.07) is 7.65. The molecule has 0 aromatic heterocycles. The van der Waals surface area contributed by atoms with Gasteiger partial charge in [0.05, 0.1) is 0 Å². The minimum Gasteiger partial charge on any atom is -0.344 e. The van der Waals surface area contributed by atoms with E-state index in [1.165, 1.54) is 0 Å². The Morgan fingerprint density at radius 3 is 2.28 bits per heavy atom. The van der Waals surface area contributed by atoms with Gasteiger partial charge in [0.25, 0.3) is 0 Å². The molecule has 0 aliphatic heterocycles. The molecule has 100 valence electrons. The van der Waals surface area contributed by atoms with E-state index in [0.29, 0.717) is 6.42 Å². The largest absolute Gasteiger partial charge is 0.344 e. The highest BCUT2D eigenvalue weighted by Gasteiger charge is 2.08. The molecule has 1 rings (SSSR count). The highest BCUT2D eigenvalue weighted by molar-refractivity contribution is 6.30. The Hall–Kier alpha value is -1.06. The van der Waals surface area contributed by atoms with E-state index < -0.39 is 0 Å². The van der Waals surface area contributed by atoms with Gasteiger partial charge in [-0.3, -0.25) is 4.79 Å². The van der Waals surface area contributed by atoms with Crippen LogP contribution in [0.1, 0.15) is 12.0 Å². The maximum atomic E-state index is 11.9. The van der Waals surface area contributed by atoms with Crippen molar-refractivity contribution in [2.24, 2.45) is 0 Å². The fourth-order valence-electron chi connectivity index (χ4n) is 1.57. The summed E-state index contributed by atoms with van der Waals surface area (Å²) in [6.45, 7) is 1.66. The fourth-order valence-corrected chi connectivity index (χ4v) is 1.69. The van der Waals surface area contributed by atoms with Crippen molar-refractivity contribution in [1.82, 2.24) is 9.80 Å². The molecule has 0 heterocycles. The van der Waals surface area contributed by atoms with Crippen LogP contribution in [0.5, 0.6) is 0 Å². The zero-order valence-corrected chi connectivity index (χ0v) is 12.1. The number of rotatable bonds is 6. The number of benzene rings is 1. The first-order valence-corrected chi connectivity index (χ1v) is 6.50. The molecule has 0 fully saturated rings. The lowest BCUT2D eigenvalue weighted by Crippen LogP contribution is -2.33. The Labute approximate surface area is 114 Å². The van der Waals surface area contributed by atoms with Gasteiger partial charge in [-0.25, -0.2) is 0 Å². The van der Waals surface area contributed by atoms with Crippen molar-refractivity contribution in [3.8, 4) is 0 Å². The molecule has 18 heavy (non-hydrogen) atoms. The highest BCUT2D eigenvalue weighted by atomic mass is 35.5. The van der Waals surface area contributed by atoms with Crippen LogP contribution in [0, 0.1) is 0 Å². The summed E-state index contributed by atoms with van der Waals surface area (Å²) in [6.07, 6.45) is 1.31. The number of carbonyl (C=O) groups is 1. The summed E-state index contributed by atoms with van der Waals surface area (Å²) in [5.74, 6) is 0.187. The number of amides is 1. The van der Waals surface area contributed by atoms with E-state index in [0.717, 1.165) is 30.1 Å². The van der Waals surface area contributed by atoms with Gasteiger partial charge >= 0.3 is 0 Å². The van der Waals surface area contributed by atoms with Crippen LogP contribution in [0.2, 0.25) is 5.02 Å². The molecule has 0 atom stereocenters. The molecule has 0 saturated carbocycles. The van der Waals surface area contributed by atoms with Crippen molar-refractivity contribution in [3.05, 3.63) is 34.9 Å². The lowest BCUT2D eigenvalue weighted by Gasteiger charge is -2.19. The molecule has 0 N–H and O–H groups in total. The smallest absolute Gasteiger partial charge is 0.222 e. The summed E-state index contributed by atoms with van der Waals surface area (Å²) >= 11 is 5.82. The van der Waals surface area contributed by atoms with Crippen LogP contribution >= 0.6 is 11.6 Å². The molecule has 0 aliphatic carbocycles. The zero-order valence-electron chi connectivity index (χ0n) is 11.3. The first-order chi connectivity index (χ1) is 8.49. The number of halogens is 1. The van der Waals surface area contributed by atoms with E-state index >= 15 is 0 Å². The van der Waals surface area contributed by atoms with E-state index in [2.05, 4.69) is 4.90 Å². The van der Waals surface area contributed by atoms with E-state index in [9.17, 15) is 4.79 Å². The number of nitrogens with zero attached hydrogens (tertiary/aromatic N) is 2. The van der Waals surface area contributed by atoms with Crippen LogP contribution in [0.25, 0.3) is 0 Å². The highest BCUT2D eigenvalue weighted by Crippen LogP contribution is 2.11. The molecule has 0 saturated heterocycles. The third-order valence-electron chi connectivity index (χ3n) is 2.85. The molecular weight excluding hydrogens is 248 g/mol. The van der Waals surface area contributed by atoms with E-state index in [1.54, 1.807) is 4.90 Å². The molecule has 3 nitrogen and oxygen atoms in total.